The third-order valence-electron chi connectivity index (χ3n) is 2.98. The molecule has 0 aliphatic carbocycles. The number of alkyl halides is 1. The smallest absolute Gasteiger partial charge is 0.237 e. The van der Waals surface area contributed by atoms with Crippen LogP contribution in [0.2, 0.25) is 0 Å². The highest BCUT2D eigenvalue weighted by Gasteiger charge is 2.29. The van der Waals surface area contributed by atoms with Gasteiger partial charge in [-0.25, -0.2) is 4.39 Å². The predicted octanol–water partition coefficient (Wildman–Crippen LogP) is -0.161. The molecule has 2 fully saturated rings. The Morgan fingerprint density at radius 3 is 3.07 bits per heavy atom. The van der Waals surface area contributed by atoms with Gasteiger partial charge in [0.1, 0.15) is 6.17 Å². The van der Waals surface area contributed by atoms with Crippen LogP contribution in [0.15, 0.2) is 0 Å². The fourth-order valence-electron chi connectivity index (χ4n) is 2.00. The lowest BCUT2D eigenvalue weighted by atomic mass is 10.1. The van der Waals surface area contributed by atoms with E-state index in [4.69, 9.17) is 4.74 Å². The van der Waals surface area contributed by atoms with Crippen molar-refractivity contribution in [3.8, 4) is 0 Å². The van der Waals surface area contributed by atoms with Crippen LogP contribution in [-0.2, 0) is 9.53 Å². The summed E-state index contributed by atoms with van der Waals surface area (Å²) in [5, 5.41) is 5.70. The van der Waals surface area contributed by atoms with Crippen molar-refractivity contribution >= 4 is 5.91 Å². The molecule has 2 aliphatic heterocycles. The molecule has 0 aromatic carbocycles. The number of hydrogen-bond acceptors (Lipinski definition) is 3. The van der Waals surface area contributed by atoms with Crippen molar-refractivity contribution in [2.24, 2.45) is 5.92 Å². The van der Waals surface area contributed by atoms with Gasteiger partial charge >= 0.3 is 0 Å². The van der Waals surface area contributed by atoms with Crippen LogP contribution in [0.25, 0.3) is 0 Å². The Bertz CT molecular complexity index is 231. The van der Waals surface area contributed by atoms with Gasteiger partial charge in [-0.3, -0.25) is 4.79 Å². The van der Waals surface area contributed by atoms with Gasteiger partial charge in [0.2, 0.25) is 5.91 Å². The standard InChI is InChI=1S/C10H17FN2O2/c11-8-3-9(12-5-8)10(14)13-4-7-1-2-15-6-7/h7-9,12H,1-6H2,(H,13,14)/t7?,8-,9+/m0/s1. The van der Waals surface area contributed by atoms with E-state index < -0.39 is 6.17 Å². The Morgan fingerprint density at radius 1 is 1.60 bits per heavy atom. The Morgan fingerprint density at radius 2 is 2.47 bits per heavy atom. The van der Waals surface area contributed by atoms with Crippen LogP contribution >= 0.6 is 0 Å². The van der Waals surface area contributed by atoms with E-state index in [0.717, 1.165) is 19.6 Å². The lowest BCUT2D eigenvalue weighted by Gasteiger charge is -2.13. The first-order valence-corrected chi connectivity index (χ1v) is 5.48. The van der Waals surface area contributed by atoms with Crippen molar-refractivity contribution < 1.29 is 13.9 Å². The quantitative estimate of drug-likeness (QED) is 0.689. The van der Waals surface area contributed by atoms with Crippen LogP contribution in [-0.4, -0.2) is 44.4 Å². The number of carbonyl (C=O) groups is 1. The molecule has 1 amide bonds. The number of nitrogens with one attached hydrogen (secondary N) is 2. The maximum absolute atomic E-state index is 12.8. The zero-order valence-electron chi connectivity index (χ0n) is 8.67. The van der Waals surface area contributed by atoms with E-state index in [9.17, 15) is 9.18 Å². The number of ether oxygens (including phenoxy) is 1. The zero-order valence-corrected chi connectivity index (χ0v) is 8.67. The molecule has 1 unspecified atom stereocenters. The maximum atomic E-state index is 12.8. The van der Waals surface area contributed by atoms with Crippen LogP contribution in [0.3, 0.4) is 0 Å². The minimum absolute atomic E-state index is 0.0814. The normalized spacial score (nSPS) is 35.7. The Labute approximate surface area is 88.6 Å². The fraction of sp³-hybridized carbons (Fsp3) is 0.900. The Balaban J connectivity index is 1.67. The van der Waals surface area contributed by atoms with Gasteiger partial charge in [-0.15, -0.1) is 0 Å². The molecule has 4 nitrogen and oxygen atoms in total. The molecular formula is C10H17FN2O2. The minimum Gasteiger partial charge on any atom is -0.381 e. The molecular weight excluding hydrogens is 199 g/mol. The van der Waals surface area contributed by atoms with E-state index in [2.05, 4.69) is 10.6 Å². The summed E-state index contributed by atoms with van der Waals surface area (Å²) in [4.78, 5) is 11.6. The van der Waals surface area contributed by atoms with Gasteiger partial charge in [0, 0.05) is 32.0 Å². The van der Waals surface area contributed by atoms with Crippen LogP contribution in [0.5, 0.6) is 0 Å². The highest BCUT2D eigenvalue weighted by Crippen LogP contribution is 2.12. The van der Waals surface area contributed by atoms with Crippen molar-refractivity contribution in [3.05, 3.63) is 0 Å². The Kier molecular flexibility index (Phi) is 3.53. The van der Waals surface area contributed by atoms with Crippen LogP contribution in [0.4, 0.5) is 4.39 Å². The molecule has 2 aliphatic rings. The van der Waals surface area contributed by atoms with Crippen molar-refractivity contribution in [1.82, 2.24) is 10.6 Å². The highest BCUT2D eigenvalue weighted by molar-refractivity contribution is 5.82. The molecule has 0 radical (unpaired) electrons. The average molecular weight is 216 g/mol. The van der Waals surface area contributed by atoms with Gasteiger partial charge in [0.25, 0.3) is 0 Å². The van der Waals surface area contributed by atoms with E-state index in [-0.39, 0.29) is 11.9 Å². The second kappa shape index (κ2) is 4.90. The van der Waals surface area contributed by atoms with E-state index in [1.165, 1.54) is 0 Å². The van der Waals surface area contributed by atoms with Crippen molar-refractivity contribution in [2.75, 3.05) is 26.3 Å². The van der Waals surface area contributed by atoms with Crippen LogP contribution < -0.4 is 10.6 Å². The van der Waals surface area contributed by atoms with Gasteiger partial charge in [-0.2, -0.15) is 0 Å². The molecule has 3 atom stereocenters. The van der Waals surface area contributed by atoms with Crippen LogP contribution in [0, 0.1) is 5.92 Å². The zero-order chi connectivity index (χ0) is 10.7. The van der Waals surface area contributed by atoms with Gasteiger partial charge in [0.05, 0.1) is 12.6 Å². The molecule has 0 aromatic heterocycles. The molecule has 0 spiro atoms. The summed E-state index contributed by atoms with van der Waals surface area (Å²) in [6.45, 7) is 2.46. The van der Waals surface area contributed by atoms with Crippen molar-refractivity contribution in [3.63, 3.8) is 0 Å². The lowest BCUT2D eigenvalue weighted by molar-refractivity contribution is -0.123. The van der Waals surface area contributed by atoms with E-state index >= 15 is 0 Å². The van der Waals surface area contributed by atoms with E-state index in [1.807, 2.05) is 0 Å². The predicted molar refractivity (Wildman–Crippen MR) is 53.2 cm³/mol. The number of halogens is 1. The topological polar surface area (TPSA) is 50.4 Å². The van der Waals surface area contributed by atoms with Gasteiger partial charge < -0.3 is 15.4 Å². The number of carbonyl (C=O) groups excluding carboxylic acids is 1. The largest absolute Gasteiger partial charge is 0.381 e. The monoisotopic (exact) mass is 216 g/mol. The van der Waals surface area contributed by atoms with Crippen molar-refractivity contribution in [2.45, 2.75) is 25.1 Å². The maximum Gasteiger partial charge on any atom is 0.237 e. The summed E-state index contributed by atoms with van der Waals surface area (Å²) >= 11 is 0. The van der Waals surface area contributed by atoms with Gasteiger partial charge in [-0.05, 0) is 6.42 Å². The summed E-state index contributed by atoms with van der Waals surface area (Å²) in [5.74, 6) is 0.346. The van der Waals surface area contributed by atoms with Crippen LogP contribution in [0.1, 0.15) is 12.8 Å². The van der Waals surface area contributed by atoms with Gasteiger partial charge in [0.15, 0.2) is 0 Å². The Hall–Kier alpha value is -0.680. The molecule has 5 heteroatoms. The first-order chi connectivity index (χ1) is 7.25. The summed E-state index contributed by atoms with van der Waals surface area (Å²) in [6, 6.07) is -0.345. The molecule has 0 saturated carbocycles. The summed E-state index contributed by atoms with van der Waals surface area (Å²) in [7, 11) is 0. The van der Waals surface area contributed by atoms with E-state index in [0.29, 0.717) is 25.4 Å². The second-order valence-electron chi connectivity index (χ2n) is 4.27. The first-order valence-electron chi connectivity index (χ1n) is 5.48. The minimum atomic E-state index is -0.879. The molecule has 2 saturated heterocycles. The molecule has 15 heavy (non-hydrogen) atoms. The summed E-state index contributed by atoms with van der Waals surface area (Å²) in [6.07, 6.45) is 0.424. The summed E-state index contributed by atoms with van der Waals surface area (Å²) < 4.78 is 18.0. The molecule has 0 bridgehead atoms. The lowest BCUT2D eigenvalue weighted by Crippen LogP contribution is -2.42. The molecule has 2 N–H and O–H groups in total. The van der Waals surface area contributed by atoms with Crippen molar-refractivity contribution in [1.29, 1.82) is 0 Å². The van der Waals surface area contributed by atoms with Gasteiger partial charge in [-0.1, -0.05) is 0 Å². The first kappa shape index (κ1) is 10.8. The summed E-state index contributed by atoms with van der Waals surface area (Å²) in [5.41, 5.74) is 0. The SMILES string of the molecule is O=C(NCC1CCOC1)[C@H]1C[C@H](F)CN1. The highest BCUT2D eigenvalue weighted by atomic mass is 19.1. The second-order valence-corrected chi connectivity index (χ2v) is 4.27. The molecule has 2 heterocycles. The third kappa shape index (κ3) is 2.89. The number of amides is 1. The molecule has 2 rings (SSSR count). The number of hydrogen-bond donors (Lipinski definition) is 2. The molecule has 0 aromatic rings. The number of rotatable bonds is 3. The fourth-order valence-corrected chi connectivity index (χ4v) is 2.00. The third-order valence-corrected chi connectivity index (χ3v) is 2.98. The molecule has 86 valence electrons. The average Bonchev–Trinajstić information content (AvgIpc) is 2.84. The van der Waals surface area contributed by atoms with E-state index in [1.54, 1.807) is 0 Å².